The Morgan fingerprint density at radius 1 is 1.15 bits per heavy atom. The third kappa shape index (κ3) is 2.95. The lowest BCUT2D eigenvalue weighted by Gasteiger charge is -2.09. The molecule has 0 aliphatic carbocycles. The quantitative estimate of drug-likeness (QED) is 0.590. The van der Waals surface area contributed by atoms with Gasteiger partial charge in [0, 0.05) is 5.69 Å². The molecule has 0 aliphatic heterocycles. The molecule has 0 radical (unpaired) electrons. The predicted octanol–water partition coefficient (Wildman–Crippen LogP) is 2.52. The first-order valence-electron chi connectivity index (χ1n) is 6.02. The topological polar surface area (TPSA) is 78.4 Å². The first-order chi connectivity index (χ1) is 9.61. The maximum Gasteiger partial charge on any atom is 0.259 e. The minimum atomic E-state index is -0.444. The number of phenolic OH excluding ortho intramolecular Hbond substituents is 1. The number of hydrogen-bond donors (Lipinski definition) is 3. The van der Waals surface area contributed by atoms with E-state index in [4.69, 9.17) is 0 Å². The van der Waals surface area contributed by atoms with E-state index in [1.807, 2.05) is 19.1 Å². The van der Waals surface area contributed by atoms with Gasteiger partial charge < -0.3 is 15.7 Å². The van der Waals surface area contributed by atoms with Crippen molar-refractivity contribution in [3.05, 3.63) is 53.6 Å². The van der Waals surface area contributed by atoms with Crippen molar-refractivity contribution >= 4 is 23.7 Å². The molecule has 2 rings (SSSR count). The summed E-state index contributed by atoms with van der Waals surface area (Å²) in [4.78, 5) is 22.5. The number of para-hydroxylation sites is 1. The second-order valence-electron chi connectivity index (χ2n) is 4.28. The molecule has 0 atom stereocenters. The van der Waals surface area contributed by atoms with Crippen LogP contribution in [0.1, 0.15) is 15.9 Å². The summed E-state index contributed by atoms with van der Waals surface area (Å²) < 4.78 is 0. The number of nitrogens with one attached hydrogen (secondary N) is 2. The van der Waals surface area contributed by atoms with Crippen LogP contribution in [0, 0.1) is 6.92 Å². The second-order valence-corrected chi connectivity index (χ2v) is 4.28. The summed E-state index contributed by atoms with van der Waals surface area (Å²) in [5.74, 6) is -0.704. The lowest BCUT2D eigenvalue weighted by Crippen LogP contribution is -2.12. The van der Waals surface area contributed by atoms with Crippen LogP contribution in [0.5, 0.6) is 5.75 Å². The fourth-order valence-electron chi connectivity index (χ4n) is 1.74. The van der Waals surface area contributed by atoms with Gasteiger partial charge in [0.1, 0.15) is 0 Å². The van der Waals surface area contributed by atoms with Crippen LogP contribution >= 0.6 is 0 Å². The zero-order valence-electron chi connectivity index (χ0n) is 10.9. The molecule has 2 amide bonds. The third-order valence-electron chi connectivity index (χ3n) is 2.80. The summed E-state index contributed by atoms with van der Waals surface area (Å²) >= 11 is 0. The molecule has 0 unspecified atom stereocenters. The second kappa shape index (κ2) is 5.88. The number of benzene rings is 2. The number of aromatic hydroxyl groups is 1. The molecular weight excluding hydrogens is 256 g/mol. The van der Waals surface area contributed by atoms with Crippen molar-refractivity contribution < 1.29 is 14.7 Å². The van der Waals surface area contributed by atoms with Crippen LogP contribution in [0.15, 0.2) is 42.5 Å². The Bertz CT molecular complexity index is 636. The van der Waals surface area contributed by atoms with Gasteiger partial charge in [0.15, 0.2) is 5.75 Å². The molecule has 2 aromatic carbocycles. The van der Waals surface area contributed by atoms with Gasteiger partial charge in [-0.3, -0.25) is 9.59 Å². The smallest absolute Gasteiger partial charge is 0.259 e. The van der Waals surface area contributed by atoms with Gasteiger partial charge >= 0.3 is 0 Å². The summed E-state index contributed by atoms with van der Waals surface area (Å²) in [5, 5.41) is 14.9. The normalized spacial score (nSPS) is 9.85. The van der Waals surface area contributed by atoms with Gasteiger partial charge in [0.2, 0.25) is 6.41 Å². The Hall–Kier alpha value is -2.82. The van der Waals surface area contributed by atoms with Crippen molar-refractivity contribution in [1.82, 2.24) is 0 Å². The van der Waals surface area contributed by atoms with Crippen LogP contribution in [0.2, 0.25) is 0 Å². The van der Waals surface area contributed by atoms with Crippen molar-refractivity contribution in [3.8, 4) is 5.75 Å². The number of carbonyl (C=O) groups excluding carboxylic acids is 2. The molecule has 0 fully saturated rings. The Morgan fingerprint density at radius 3 is 2.50 bits per heavy atom. The first-order valence-corrected chi connectivity index (χ1v) is 6.02. The Kier molecular flexibility index (Phi) is 4.00. The van der Waals surface area contributed by atoms with Gasteiger partial charge in [-0.05, 0) is 31.2 Å². The van der Waals surface area contributed by atoms with Gasteiger partial charge in [0.25, 0.3) is 5.91 Å². The summed E-state index contributed by atoms with van der Waals surface area (Å²) in [6, 6.07) is 11.9. The summed E-state index contributed by atoms with van der Waals surface area (Å²) in [6.07, 6.45) is 0.441. The minimum Gasteiger partial charge on any atom is -0.505 e. The van der Waals surface area contributed by atoms with Crippen LogP contribution in [0.4, 0.5) is 11.4 Å². The number of anilines is 2. The summed E-state index contributed by atoms with van der Waals surface area (Å²) in [7, 11) is 0. The monoisotopic (exact) mass is 270 g/mol. The molecule has 0 aliphatic rings. The molecule has 0 bridgehead atoms. The first kappa shape index (κ1) is 13.6. The van der Waals surface area contributed by atoms with E-state index in [0.717, 1.165) is 5.56 Å². The number of rotatable bonds is 4. The number of amides is 2. The van der Waals surface area contributed by atoms with Crippen molar-refractivity contribution in [2.75, 3.05) is 10.6 Å². The number of hydrogen-bond acceptors (Lipinski definition) is 3. The number of phenols is 1. The van der Waals surface area contributed by atoms with E-state index in [1.165, 1.54) is 12.1 Å². The molecule has 5 nitrogen and oxygen atoms in total. The molecule has 0 saturated carbocycles. The van der Waals surface area contributed by atoms with E-state index in [0.29, 0.717) is 12.1 Å². The molecule has 0 aromatic heterocycles. The van der Waals surface area contributed by atoms with Crippen LogP contribution in [-0.2, 0) is 4.79 Å². The molecule has 0 heterocycles. The highest BCUT2D eigenvalue weighted by atomic mass is 16.3. The minimum absolute atomic E-state index is 0.0948. The average molecular weight is 270 g/mol. The standard InChI is InChI=1S/C15H14N2O3/c1-10-5-7-11(8-6-10)17-15(20)12-3-2-4-13(14(12)19)16-9-18/h2-9,19H,1H3,(H,16,18)(H,17,20). The maximum absolute atomic E-state index is 12.1. The predicted molar refractivity (Wildman–Crippen MR) is 76.9 cm³/mol. The van der Waals surface area contributed by atoms with E-state index in [9.17, 15) is 14.7 Å². The van der Waals surface area contributed by atoms with Gasteiger partial charge in [-0.2, -0.15) is 0 Å². The lowest BCUT2D eigenvalue weighted by atomic mass is 10.1. The van der Waals surface area contributed by atoms with E-state index >= 15 is 0 Å². The molecule has 102 valence electrons. The largest absolute Gasteiger partial charge is 0.505 e. The zero-order valence-corrected chi connectivity index (χ0v) is 10.9. The van der Waals surface area contributed by atoms with Gasteiger partial charge in [-0.1, -0.05) is 23.8 Å². The van der Waals surface area contributed by atoms with E-state index in [1.54, 1.807) is 18.2 Å². The van der Waals surface area contributed by atoms with Crippen molar-refractivity contribution in [2.24, 2.45) is 0 Å². The Morgan fingerprint density at radius 2 is 1.85 bits per heavy atom. The number of aryl methyl sites for hydroxylation is 1. The van der Waals surface area contributed by atoms with Gasteiger partial charge in [0.05, 0.1) is 11.3 Å². The van der Waals surface area contributed by atoms with Crippen molar-refractivity contribution in [1.29, 1.82) is 0 Å². The fourth-order valence-corrected chi connectivity index (χ4v) is 1.74. The van der Waals surface area contributed by atoms with Crippen LogP contribution in [0.3, 0.4) is 0 Å². The highest BCUT2D eigenvalue weighted by molar-refractivity contribution is 6.07. The third-order valence-corrected chi connectivity index (χ3v) is 2.80. The van der Waals surface area contributed by atoms with Gasteiger partial charge in [-0.15, -0.1) is 0 Å². The van der Waals surface area contributed by atoms with E-state index in [-0.39, 0.29) is 17.0 Å². The van der Waals surface area contributed by atoms with Crippen LogP contribution in [-0.4, -0.2) is 17.4 Å². The van der Waals surface area contributed by atoms with E-state index in [2.05, 4.69) is 10.6 Å². The fraction of sp³-hybridized carbons (Fsp3) is 0.0667. The van der Waals surface area contributed by atoms with E-state index < -0.39 is 5.91 Å². The SMILES string of the molecule is Cc1ccc(NC(=O)c2cccc(NC=O)c2O)cc1. The highest BCUT2D eigenvalue weighted by Crippen LogP contribution is 2.27. The van der Waals surface area contributed by atoms with Gasteiger partial charge in [-0.25, -0.2) is 0 Å². The molecule has 20 heavy (non-hydrogen) atoms. The number of carbonyl (C=O) groups is 2. The zero-order chi connectivity index (χ0) is 14.5. The summed E-state index contributed by atoms with van der Waals surface area (Å²) in [5.41, 5.74) is 2.01. The molecule has 2 aromatic rings. The Labute approximate surface area is 116 Å². The average Bonchev–Trinajstić information content (AvgIpc) is 2.44. The van der Waals surface area contributed by atoms with Crippen LogP contribution in [0.25, 0.3) is 0 Å². The highest BCUT2D eigenvalue weighted by Gasteiger charge is 2.14. The Balaban J connectivity index is 2.23. The molecule has 0 saturated heterocycles. The maximum atomic E-state index is 12.1. The van der Waals surface area contributed by atoms with Crippen molar-refractivity contribution in [2.45, 2.75) is 6.92 Å². The van der Waals surface area contributed by atoms with Crippen molar-refractivity contribution in [3.63, 3.8) is 0 Å². The molecule has 5 heteroatoms. The molecule has 0 spiro atoms. The molecule has 3 N–H and O–H groups in total. The molecular formula is C15H14N2O3. The summed E-state index contributed by atoms with van der Waals surface area (Å²) in [6.45, 7) is 1.95. The van der Waals surface area contributed by atoms with Crippen LogP contribution < -0.4 is 10.6 Å². The lowest BCUT2D eigenvalue weighted by molar-refractivity contribution is -0.105.